The van der Waals surface area contributed by atoms with E-state index in [0.717, 1.165) is 63.7 Å². The molecular weight excluding hydrogens is 366 g/mol. The van der Waals surface area contributed by atoms with Crippen molar-refractivity contribution in [3.63, 3.8) is 0 Å². The van der Waals surface area contributed by atoms with Crippen LogP contribution in [0.25, 0.3) is 0 Å². The largest absolute Gasteiger partial charge is 0.299 e. The topological polar surface area (TPSA) is 66.0 Å². The standard InChI is InChI=1S/C20H29NO5S/c1-3-21-24-25-26-27-23-14-5-7-15-13(12-14)4-6-17-16(15)10-11-20(2)18(17)8-9-19(20)22/h6,14,16,18,21H,3-5,7-12H2,1-2H3/t14-,16-,18+,20+/m1/s1. The molecule has 0 bridgehead atoms. The number of carbonyl (C=O) groups is 1. The summed E-state index contributed by atoms with van der Waals surface area (Å²) >= 11 is 0.822. The number of ketones is 1. The van der Waals surface area contributed by atoms with Crippen LogP contribution in [0.1, 0.15) is 65.2 Å². The number of rotatable bonds is 7. The number of hydroxylamine groups is 1. The Kier molecular flexibility index (Phi) is 6.06. The molecule has 2 fully saturated rings. The lowest BCUT2D eigenvalue weighted by Crippen LogP contribution is -2.39. The Balaban J connectivity index is 1.33. The van der Waals surface area contributed by atoms with Gasteiger partial charge in [-0.25, -0.2) is 0 Å². The van der Waals surface area contributed by atoms with Crippen LogP contribution < -0.4 is 5.48 Å². The van der Waals surface area contributed by atoms with Crippen LogP contribution in [0.4, 0.5) is 0 Å². The zero-order valence-electron chi connectivity index (χ0n) is 16.1. The number of hydrogen-bond donors (Lipinski definition) is 1. The second-order valence-electron chi connectivity index (χ2n) is 8.31. The van der Waals surface area contributed by atoms with Crippen molar-refractivity contribution in [1.82, 2.24) is 5.48 Å². The lowest BCUT2D eigenvalue weighted by molar-refractivity contribution is -0.487. The molecule has 0 amide bonds. The van der Waals surface area contributed by atoms with Gasteiger partial charge in [0.05, 0.1) is 6.10 Å². The maximum absolute atomic E-state index is 12.4. The molecule has 0 saturated heterocycles. The molecule has 4 aliphatic rings. The van der Waals surface area contributed by atoms with Gasteiger partial charge in [-0.05, 0) is 55.9 Å². The Labute approximate surface area is 165 Å². The van der Waals surface area contributed by atoms with Gasteiger partial charge in [0.2, 0.25) is 0 Å². The molecule has 4 aliphatic carbocycles. The first-order valence-corrected chi connectivity index (χ1v) is 10.8. The summed E-state index contributed by atoms with van der Waals surface area (Å²) in [7, 11) is 0. The number of fused-ring (bicyclic) bond motifs is 4. The second kappa shape index (κ2) is 8.35. The highest BCUT2D eigenvalue weighted by Crippen LogP contribution is 2.58. The predicted molar refractivity (Wildman–Crippen MR) is 102 cm³/mol. The molecule has 2 saturated carbocycles. The highest BCUT2D eigenvalue weighted by atomic mass is 32.2. The molecular formula is C20H29NO5S. The zero-order valence-corrected chi connectivity index (χ0v) is 16.9. The third-order valence-electron chi connectivity index (χ3n) is 6.96. The van der Waals surface area contributed by atoms with Crippen molar-refractivity contribution in [2.75, 3.05) is 6.54 Å². The van der Waals surface area contributed by atoms with E-state index in [0.29, 0.717) is 24.2 Å². The summed E-state index contributed by atoms with van der Waals surface area (Å²) in [5.74, 6) is 1.53. The molecule has 0 aromatic carbocycles. The first-order valence-electron chi connectivity index (χ1n) is 10.1. The maximum Gasteiger partial charge on any atom is 0.198 e. The third-order valence-corrected chi connectivity index (χ3v) is 7.42. The van der Waals surface area contributed by atoms with E-state index in [4.69, 9.17) is 8.52 Å². The molecule has 0 aromatic rings. The van der Waals surface area contributed by atoms with Crippen molar-refractivity contribution in [3.8, 4) is 0 Å². The maximum atomic E-state index is 12.4. The molecule has 0 aliphatic heterocycles. The van der Waals surface area contributed by atoms with E-state index in [1.165, 1.54) is 5.57 Å². The summed E-state index contributed by atoms with van der Waals surface area (Å²) in [6.07, 6.45) is 10.6. The molecule has 4 atom stereocenters. The van der Waals surface area contributed by atoms with Crippen LogP contribution in [-0.4, -0.2) is 18.4 Å². The molecule has 0 radical (unpaired) electrons. The molecule has 0 unspecified atom stereocenters. The Hall–Kier alpha value is -0.700. The molecule has 6 nitrogen and oxygen atoms in total. The van der Waals surface area contributed by atoms with Crippen molar-refractivity contribution >= 4 is 18.1 Å². The van der Waals surface area contributed by atoms with E-state index < -0.39 is 0 Å². The van der Waals surface area contributed by atoms with Gasteiger partial charge in [-0.2, -0.15) is 5.48 Å². The van der Waals surface area contributed by atoms with Gasteiger partial charge >= 0.3 is 0 Å². The lowest BCUT2D eigenvalue weighted by atomic mass is 9.58. The van der Waals surface area contributed by atoms with Crippen LogP contribution in [0.5, 0.6) is 0 Å². The Morgan fingerprint density at radius 2 is 2.19 bits per heavy atom. The summed E-state index contributed by atoms with van der Waals surface area (Å²) in [5.41, 5.74) is 7.15. The van der Waals surface area contributed by atoms with Crippen LogP contribution in [0, 0.1) is 17.3 Å². The summed E-state index contributed by atoms with van der Waals surface area (Å²) < 4.78 is 10.5. The number of Topliss-reactive ketones (excluding diaryl/α,β-unsaturated/α-hetero) is 1. The Bertz CT molecular complexity index is 648. The van der Waals surface area contributed by atoms with Crippen molar-refractivity contribution in [3.05, 3.63) is 22.8 Å². The first-order chi connectivity index (χ1) is 13.1. The quantitative estimate of drug-likeness (QED) is 0.223. The van der Waals surface area contributed by atoms with Crippen molar-refractivity contribution in [1.29, 1.82) is 0 Å². The summed E-state index contributed by atoms with van der Waals surface area (Å²) in [4.78, 5) is 17.0. The van der Waals surface area contributed by atoms with Crippen molar-refractivity contribution in [2.45, 2.75) is 71.3 Å². The van der Waals surface area contributed by atoms with Gasteiger partial charge in [-0.15, -0.1) is 9.32 Å². The summed E-state index contributed by atoms with van der Waals surface area (Å²) in [5, 5.41) is 4.48. The van der Waals surface area contributed by atoms with Gasteiger partial charge in [0.15, 0.2) is 12.3 Å². The van der Waals surface area contributed by atoms with E-state index in [2.05, 4.69) is 28.5 Å². The highest BCUT2D eigenvalue weighted by Gasteiger charge is 2.52. The summed E-state index contributed by atoms with van der Waals surface area (Å²) in [6.45, 7) is 4.72. The van der Waals surface area contributed by atoms with Crippen LogP contribution in [0.2, 0.25) is 0 Å². The van der Waals surface area contributed by atoms with Gasteiger partial charge in [0, 0.05) is 24.3 Å². The lowest BCUT2D eigenvalue weighted by Gasteiger charge is -2.45. The Morgan fingerprint density at radius 3 is 3.04 bits per heavy atom. The van der Waals surface area contributed by atoms with Gasteiger partial charge in [-0.1, -0.05) is 36.6 Å². The average Bonchev–Trinajstić information content (AvgIpc) is 2.99. The minimum Gasteiger partial charge on any atom is -0.299 e. The van der Waals surface area contributed by atoms with Gasteiger partial charge in [0.25, 0.3) is 0 Å². The molecule has 7 heteroatoms. The molecule has 0 heterocycles. The van der Waals surface area contributed by atoms with Crippen LogP contribution in [0.3, 0.4) is 0 Å². The van der Waals surface area contributed by atoms with Crippen molar-refractivity contribution in [2.24, 2.45) is 17.3 Å². The smallest absolute Gasteiger partial charge is 0.198 e. The normalized spacial score (nSPS) is 35.6. The second-order valence-corrected chi connectivity index (χ2v) is 8.77. The number of nitrogens with one attached hydrogen (secondary N) is 1. The van der Waals surface area contributed by atoms with Crippen LogP contribution in [-0.2, 0) is 23.3 Å². The highest BCUT2D eigenvalue weighted by molar-refractivity contribution is 7.89. The van der Waals surface area contributed by atoms with E-state index in [-0.39, 0.29) is 11.5 Å². The average molecular weight is 396 g/mol. The number of allylic oxidation sites excluding steroid dienone is 3. The minimum absolute atomic E-state index is 0.0939. The first kappa shape index (κ1) is 19.6. The van der Waals surface area contributed by atoms with Gasteiger partial charge in [0.1, 0.15) is 5.78 Å². The van der Waals surface area contributed by atoms with Gasteiger partial charge in [-0.3, -0.25) is 8.98 Å². The SMILES string of the molecule is CCNOOOSO[C@@H]1CCC2=C(CC=C3[C@@H]2CC[C@]2(C)C(=O)CC[C@@H]32)C1. The molecule has 1 N–H and O–H groups in total. The fourth-order valence-electron chi connectivity index (χ4n) is 5.57. The predicted octanol–water partition coefficient (Wildman–Crippen LogP) is 4.55. The van der Waals surface area contributed by atoms with E-state index in [1.54, 1.807) is 11.1 Å². The molecule has 27 heavy (non-hydrogen) atoms. The van der Waals surface area contributed by atoms with Crippen LogP contribution >= 0.6 is 12.3 Å². The Morgan fingerprint density at radius 1 is 1.30 bits per heavy atom. The molecule has 150 valence electrons. The van der Waals surface area contributed by atoms with Gasteiger partial charge < -0.3 is 0 Å². The minimum atomic E-state index is -0.0939. The van der Waals surface area contributed by atoms with E-state index in [1.807, 2.05) is 6.92 Å². The summed E-state index contributed by atoms with van der Waals surface area (Å²) in [6, 6.07) is 0. The number of carbonyl (C=O) groups excluding carboxylic acids is 1. The van der Waals surface area contributed by atoms with Crippen LogP contribution in [0.15, 0.2) is 22.8 Å². The number of hydrogen-bond acceptors (Lipinski definition) is 7. The molecule has 0 aromatic heterocycles. The van der Waals surface area contributed by atoms with E-state index in [9.17, 15) is 4.79 Å². The fourth-order valence-corrected chi connectivity index (χ4v) is 5.93. The molecule has 4 rings (SSSR count). The van der Waals surface area contributed by atoms with E-state index >= 15 is 0 Å². The fraction of sp³-hybridized carbons (Fsp3) is 0.750. The molecule has 0 spiro atoms. The third kappa shape index (κ3) is 3.78. The monoisotopic (exact) mass is 395 g/mol. The van der Waals surface area contributed by atoms with Crippen molar-refractivity contribution < 1.29 is 23.3 Å². The zero-order chi connectivity index (χ0) is 18.9.